The van der Waals surface area contributed by atoms with E-state index in [1.807, 2.05) is 97.4 Å². The Morgan fingerprint density at radius 1 is 0.528 bits per heavy atom. The van der Waals surface area contributed by atoms with Crippen LogP contribution in [0.25, 0.3) is 0 Å². The van der Waals surface area contributed by atoms with Gasteiger partial charge in [-0.2, -0.15) is 0 Å². The molecule has 0 aliphatic rings. The fraction of sp³-hybridized carbons (Fsp3) is 0.167. The molecule has 36 heavy (non-hydrogen) atoms. The average Bonchev–Trinajstić information content (AvgIpc) is 2.96. The van der Waals surface area contributed by atoms with E-state index in [-0.39, 0.29) is 12.1 Å². The largest absolute Gasteiger partial charge is 0.497 e. The van der Waals surface area contributed by atoms with Crippen molar-refractivity contribution < 1.29 is 14.2 Å². The minimum Gasteiger partial charge on any atom is -0.497 e. The number of aromatic nitrogens is 1. The zero-order chi connectivity index (χ0) is 25.2. The van der Waals surface area contributed by atoms with Crippen LogP contribution in [0.4, 0.5) is 0 Å². The Hall–Kier alpha value is -4.45. The molecule has 2 atom stereocenters. The van der Waals surface area contributed by atoms with E-state index in [9.17, 15) is 0 Å². The highest BCUT2D eigenvalue weighted by atomic mass is 16.5. The predicted octanol–water partition coefficient (Wildman–Crippen LogP) is 6.13. The third-order valence-electron chi connectivity index (χ3n) is 5.80. The van der Waals surface area contributed by atoms with Gasteiger partial charge in [0.15, 0.2) is 0 Å². The second-order valence-electron chi connectivity index (χ2n) is 8.05. The van der Waals surface area contributed by atoms with Gasteiger partial charge in [0.2, 0.25) is 0 Å². The highest BCUT2D eigenvalue weighted by molar-refractivity contribution is 5.81. The van der Waals surface area contributed by atoms with Gasteiger partial charge in [-0.3, -0.25) is 15.0 Å². The number of hydrogen-bond acceptors (Lipinski definition) is 6. The molecule has 0 saturated carbocycles. The van der Waals surface area contributed by atoms with E-state index in [4.69, 9.17) is 24.2 Å². The van der Waals surface area contributed by atoms with E-state index in [0.29, 0.717) is 0 Å². The van der Waals surface area contributed by atoms with Crippen molar-refractivity contribution in [3.63, 3.8) is 0 Å². The molecule has 0 saturated heterocycles. The molecule has 0 fully saturated rings. The number of pyridine rings is 1. The number of methoxy groups -OCH3 is 3. The Bertz CT molecular complexity index is 1270. The molecule has 0 spiro atoms. The summed E-state index contributed by atoms with van der Waals surface area (Å²) in [5.74, 6) is 2.40. The summed E-state index contributed by atoms with van der Waals surface area (Å²) in [5.41, 5.74) is 3.99. The van der Waals surface area contributed by atoms with Crippen molar-refractivity contribution in [1.82, 2.24) is 4.98 Å². The SMILES string of the molecule is COc1ccc(C=N[C@@H](c2ccncc2)[C@@H](N=Cc2ccc(OC)cc2)c2ccc(OC)cc2)cc1. The molecule has 4 aromatic rings. The van der Waals surface area contributed by atoms with Crippen LogP contribution in [0.3, 0.4) is 0 Å². The maximum atomic E-state index is 5.37. The molecule has 0 amide bonds. The van der Waals surface area contributed by atoms with Crippen LogP contribution < -0.4 is 14.2 Å². The van der Waals surface area contributed by atoms with Crippen molar-refractivity contribution in [3.05, 3.63) is 120 Å². The number of benzene rings is 3. The van der Waals surface area contributed by atoms with Crippen molar-refractivity contribution in [1.29, 1.82) is 0 Å². The molecule has 0 bridgehead atoms. The molecule has 0 aliphatic heterocycles. The zero-order valence-corrected chi connectivity index (χ0v) is 20.6. The normalized spacial score (nSPS) is 13.0. The van der Waals surface area contributed by atoms with E-state index >= 15 is 0 Å². The lowest BCUT2D eigenvalue weighted by Gasteiger charge is -2.22. The van der Waals surface area contributed by atoms with E-state index in [1.54, 1.807) is 33.7 Å². The van der Waals surface area contributed by atoms with Crippen molar-refractivity contribution in [2.45, 2.75) is 12.1 Å². The third kappa shape index (κ3) is 6.36. The van der Waals surface area contributed by atoms with Crippen LogP contribution in [0.15, 0.2) is 107 Å². The summed E-state index contributed by atoms with van der Waals surface area (Å²) in [7, 11) is 4.97. The average molecular weight is 480 g/mol. The van der Waals surface area contributed by atoms with Crippen molar-refractivity contribution in [2.24, 2.45) is 9.98 Å². The van der Waals surface area contributed by atoms with Crippen molar-refractivity contribution >= 4 is 12.4 Å². The molecular weight excluding hydrogens is 450 g/mol. The van der Waals surface area contributed by atoms with Gasteiger partial charge < -0.3 is 14.2 Å². The minimum atomic E-state index is -0.282. The summed E-state index contributed by atoms with van der Waals surface area (Å²) < 4.78 is 15.9. The first-order valence-corrected chi connectivity index (χ1v) is 11.6. The molecule has 1 heterocycles. The van der Waals surface area contributed by atoms with Gasteiger partial charge >= 0.3 is 0 Å². The molecule has 0 unspecified atom stereocenters. The molecule has 6 nitrogen and oxygen atoms in total. The summed E-state index contributed by atoms with van der Waals surface area (Å²) in [6.45, 7) is 0. The maximum absolute atomic E-state index is 5.37. The van der Waals surface area contributed by atoms with Crippen LogP contribution in [0, 0.1) is 0 Å². The van der Waals surface area contributed by atoms with Crippen LogP contribution in [-0.2, 0) is 0 Å². The van der Waals surface area contributed by atoms with E-state index < -0.39 is 0 Å². The fourth-order valence-electron chi connectivity index (χ4n) is 3.77. The van der Waals surface area contributed by atoms with Crippen molar-refractivity contribution in [2.75, 3.05) is 21.3 Å². The van der Waals surface area contributed by atoms with Gasteiger partial charge in [0.05, 0.1) is 21.3 Å². The van der Waals surface area contributed by atoms with E-state index in [2.05, 4.69) is 4.98 Å². The molecular formula is C30H29N3O3. The number of rotatable bonds is 10. The summed E-state index contributed by atoms with van der Waals surface area (Å²) in [5, 5.41) is 0. The smallest absolute Gasteiger partial charge is 0.118 e. The molecule has 0 N–H and O–H groups in total. The maximum Gasteiger partial charge on any atom is 0.118 e. The van der Waals surface area contributed by atoms with Crippen LogP contribution in [0.5, 0.6) is 17.2 Å². The highest BCUT2D eigenvalue weighted by Crippen LogP contribution is 2.36. The fourth-order valence-corrected chi connectivity index (χ4v) is 3.77. The van der Waals surface area contributed by atoms with Gasteiger partial charge in [0, 0.05) is 24.8 Å². The third-order valence-corrected chi connectivity index (χ3v) is 5.80. The van der Waals surface area contributed by atoms with Crippen LogP contribution in [0.2, 0.25) is 0 Å². The van der Waals surface area contributed by atoms with Crippen LogP contribution in [-0.4, -0.2) is 38.7 Å². The lowest BCUT2D eigenvalue weighted by atomic mass is 9.94. The minimum absolute atomic E-state index is 0.280. The van der Waals surface area contributed by atoms with E-state index in [0.717, 1.165) is 39.5 Å². The monoisotopic (exact) mass is 479 g/mol. The highest BCUT2D eigenvalue weighted by Gasteiger charge is 2.23. The number of aliphatic imine (C=N–C) groups is 2. The first-order chi connectivity index (χ1) is 17.7. The Labute approximate surface area is 212 Å². The molecule has 3 aromatic carbocycles. The van der Waals surface area contributed by atoms with E-state index in [1.165, 1.54) is 0 Å². The van der Waals surface area contributed by atoms with Gasteiger partial charge in [-0.05, 0) is 95.1 Å². The Morgan fingerprint density at radius 2 is 0.889 bits per heavy atom. The number of hydrogen-bond donors (Lipinski definition) is 0. The van der Waals surface area contributed by atoms with Crippen LogP contribution in [0.1, 0.15) is 34.3 Å². The lowest BCUT2D eigenvalue weighted by molar-refractivity contribution is 0.414. The predicted molar refractivity (Wildman–Crippen MR) is 144 cm³/mol. The topological polar surface area (TPSA) is 65.3 Å². The Balaban J connectivity index is 1.74. The molecule has 0 aliphatic carbocycles. The summed E-state index contributed by atoms with van der Waals surface area (Å²) in [4.78, 5) is 14.2. The second kappa shape index (κ2) is 12.3. The van der Waals surface area contributed by atoms with Gasteiger partial charge in [-0.25, -0.2) is 0 Å². The van der Waals surface area contributed by atoms with Gasteiger partial charge in [-0.1, -0.05) is 12.1 Å². The first kappa shape index (κ1) is 24.7. The molecule has 4 rings (SSSR count). The first-order valence-electron chi connectivity index (χ1n) is 11.6. The molecule has 1 aromatic heterocycles. The number of nitrogens with zero attached hydrogens (tertiary/aromatic N) is 3. The summed E-state index contributed by atoms with van der Waals surface area (Å²) >= 11 is 0. The van der Waals surface area contributed by atoms with Gasteiger partial charge in [0.25, 0.3) is 0 Å². The molecule has 6 heteroatoms. The molecule has 182 valence electrons. The quantitative estimate of drug-likeness (QED) is 0.257. The Kier molecular flexibility index (Phi) is 8.44. The number of ether oxygens (including phenoxy) is 3. The lowest BCUT2D eigenvalue weighted by Crippen LogP contribution is -2.09. The zero-order valence-electron chi connectivity index (χ0n) is 20.6. The van der Waals surface area contributed by atoms with Crippen LogP contribution >= 0.6 is 0 Å². The molecule has 0 radical (unpaired) electrons. The van der Waals surface area contributed by atoms with Gasteiger partial charge in [0.1, 0.15) is 29.3 Å². The summed E-state index contributed by atoms with van der Waals surface area (Å²) in [6.07, 6.45) is 7.32. The Morgan fingerprint density at radius 3 is 1.28 bits per heavy atom. The van der Waals surface area contributed by atoms with Crippen molar-refractivity contribution in [3.8, 4) is 17.2 Å². The second-order valence-corrected chi connectivity index (χ2v) is 8.05. The standard InChI is InChI=1S/C30H29N3O3/c1-34-26-10-4-22(5-11-26)20-32-29(24-8-14-28(36-3)15-9-24)30(25-16-18-31-19-17-25)33-21-23-6-12-27(35-2)13-7-23/h4-21,29-30H,1-3H3/t29-,30-/m0/s1. The summed E-state index contributed by atoms with van der Waals surface area (Å²) in [6, 6.07) is 27.0. The van der Waals surface area contributed by atoms with Gasteiger partial charge in [-0.15, -0.1) is 0 Å².